The van der Waals surface area contributed by atoms with Crippen LogP contribution < -0.4 is 4.74 Å². The molecule has 0 radical (unpaired) electrons. The lowest BCUT2D eigenvalue weighted by molar-refractivity contribution is 0.112. The second kappa shape index (κ2) is 5.15. The molecule has 0 N–H and O–H groups in total. The van der Waals surface area contributed by atoms with Crippen LogP contribution in [0.4, 0.5) is 0 Å². The largest absolute Gasteiger partial charge is 0.497 e. The van der Waals surface area contributed by atoms with E-state index < -0.39 is 0 Å². The monoisotopic (exact) mass is 218 g/mol. The summed E-state index contributed by atoms with van der Waals surface area (Å²) in [5, 5.41) is 0. The number of benzene rings is 1. The molecule has 0 aromatic heterocycles. The minimum Gasteiger partial charge on any atom is -0.497 e. The summed E-state index contributed by atoms with van der Waals surface area (Å²) in [6.07, 6.45) is 7.05. The Hall–Kier alpha value is -1.31. The third-order valence-electron chi connectivity index (χ3n) is 3.47. The molecule has 0 spiro atoms. The Morgan fingerprint density at radius 2 is 1.81 bits per heavy atom. The van der Waals surface area contributed by atoms with E-state index in [2.05, 4.69) is 0 Å². The van der Waals surface area contributed by atoms with E-state index in [9.17, 15) is 4.79 Å². The van der Waals surface area contributed by atoms with Gasteiger partial charge in [-0.1, -0.05) is 19.3 Å². The molecule has 3 rings (SSSR count). The highest BCUT2D eigenvalue weighted by atomic mass is 16.5. The van der Waals surface area contributed by atoms with Gasteiger partial charge in [0.2, 0.25) is 0 Å². The zero-order chi connectivity index (χ0) is 11.4. The maximum Gasteiger partial charge on any atom is 0.150 e. The van der Waals surface area contributed by atoms with E-state index in [0.717, 1.165) is 12.0 Å². The average Bonchev–Trinajstić information content (AvgIpc) is 2.97. The van der Waals surface area contributed by atoms with E-state index in [1.807, 2.05) is 0 Å². The number of fused-ring (bicyclic) bond motifs is 1. The molecule has 16 heavy (non-hydrogen) atoms. The van der Waals surface area contributed by atoms with Gasteiger partial charge in [0.1, 0.15) is 12.0 Å². The Morgan fingerprint density at radius 1 is 1.19 bits per heavy atom. The van der Waals surface area contributed by atoms with Crippen LogP contribution in [0.5, 0.6) is 5.75 Å². The molecule has 2 aliphatic rings. The van der Waals surface area contributed by atoms with Gasteiger partial charge in [-0.15, -0.1) is 0 Å². The van der Waals surface area contributed by atoms with Gasteiger partial charge in [0.15, 0.2) is 0 Å². The van der Waals surface area contributed by atoms with E-state index in [4.69, 9.17) is 4.74 Å². The van der Waals surface area contributed by atoms with Crippen LogP contribution in [-0.4, -0.2) is 13.4 Å². The van der Waals surface area contributed by atoms with Crippen molar-refractivity contribution in [3.63, 3.8) is 0 Å². The van der Waals surface area contributed by atoms with Gasteiger partial charge in [-0.25, -0.2) is 0 Å². The summed E-state index contributed by atoms with van der Waals surface area (Å²) in [5.41, 5.74) is 0.667. The molecule has 0 aliphatic heterocycles. The fourth-order valence-electron chi connectivity index (χ4n) is 2.34. The van der Waals surface area contributed by atoms with Crippen LogP contribution in [0.15, 0.2) is 24.3 Å². The minimum atomic E-state index is 0.667. The normalized spacial score (nSPS) is 25.1. The molecule has 2 saturated carbocycles. The predicted molar refractivity (Wildman–Crippen MR) is 63.8 cm³/mol. The summed E-state index contributed by atoms with van der Waals surface area (Å²) >= 11 is 0. The Balaban J connectivity index is 0.000000134. The van der Waals surface area contributed by atoms with Gasteiger partial charge >= 0.3 is 0 Å². The first kappa shape index (κ1) is 11.2. The number of rotatable bonds is 2. The maximum absolute atomic E-state index is 10.2. The Bertz CT molecular complexity index is 334. The van der Waals surface area contributed by atoms with Crippen LogP contribution in [0.1, 0.15) is 36.0 Å². The standard InChI is InChI=1S/C8H8O2.C6H10/c1-10-8-4-2-7(6-9)3-5-8;1-2-5-4-6(5)3-1/h2-6H,1H3;5-6H,1-4H2. The van der Waals surface area contributed by atoms with Gasteiger partial charge in [-0.05, 0) is 42.5 Å². The third-order valence-corrected chi connectivity index (χ3v) is 3.47. The average molecular weight is 218 g/mol. The highest BCUT2D eigenvalue weighted by Gasteiger charge is 2.40. The molecule has 0 saturated heterocycles. The first-order valence-corrected chi connectivity index (χ1v) is 5.92. The van der Waals surface area contributed by atoms with Crippen molar-refractivity contribution in [1.82, 2.24) is 0 Å². The van der Waals surface area contributed by atoms with E-state index in [1.54, 1.807) is 50.6 Å². The molecule has 0 heterocycles. The van der Waals surface area contributed by atoms with Crippen molar-refractivity contribution in [2.24, 2.45) is 11.8 Å². The number of carbonyl (C=O) groups is 1. The summed E-state index contributed by atoms with van der Waals surface area (Å²) < 4.78 is 4.90. The molecule has 0 bridgehead atoms. The number of ether oxygens (including phenoxy) is 1. The van der Waals surface area contributed by atoms with Gasteiger partial charge < -0.3 is 4.74 Å². The topological polar surface area (TPSA) is 26.3 Å². The Labute approximate surface area is 96.6 Å². The Morgan fingerprint density at radius 3 is 2.12 bits per heavy atom. The smallest absolute Gasteiger partial charge is 0.150 e. The van der Waals surface area contributed by atoms with E-state index >= 15 is 0 Å². The summed E-state index contributed by atoms with van der Waals surface area (Å²) in [5.74, 6) is 3.20. The van der Waals surface area contributed by atoms with Crippen molar-refractivity contribution in [3.8, 4) is 5.75 Å². The van der Waals surface area contributed by atoms with Gasteiger partial charge in [-0.3, -0.25) is 4.79 Å². The fourth-order valence-corrected chi connectivity index (χ4v) is 2.34. The molecule has 2 heteroatoms. The quantitative estimate of drug-likeness (QED) is 0.712. The second-order valence-electron chi connectivity index (χ2n) is 4.58. The maximum atomic E-state index is 10.2. The van der Waals surface area contributed by atoms with Gasteiger partial charge in [0.05, 0.1) is 7.11 Å². The number of aldehydes is 1. The van der Waals surface area contributed by atoms with Gasteiger partial charge in [0, 0.05) is 5.56 Å². The van der Waals surface area contributed by atoms with Crippen molar-refractivity contribution >= 4 is 6.29 Å². The molecule has 1 aromatic carbocycles. The van der Waals surface area contributed by atoms with Crippen LogP contribution in [0, 0.1) is 11.8 Å². The lowest BCUT2D eigenvalue weighted by Crippen LogP contribution is -1.82. The molecule has 86 valence electrons. The lowest BCUT2D eigenvalue weighted by Gasteiger charge is -1.96. The van der Waals surface area contributed by atoms with Crippen LogP contribution in [0.3, 0.4) is 0 Å². The third kappa shape index (κ3) is 2.84. The van der Waals surface area contributed by atoms with Crippen molar-refractivity contribution in [3.05, 3.63) is 29.8 Å². The van der Waals surface area contributed by atoms with Crippen molar-refractivity contribution in [2.45, 2.75) is 25.7 Å². The van der Waals surface area contributed by atoms with E-state index in [-0.39, 0.29) is 0 Å². The summed E-state index contributed by atoms with van der Waals surface area (Å²) in [6, 6.07) is 6.94. The zero-order valence-corrected chi connectivity index (χ0v) is 9.69. The summed E-state index contributed by atoms with van der Waals surface area (Å²) in [4.78, 5) is 10.2. The van der Waals surface area contributed by atoms with Crippen molar-refractivity contribution in [2.75, 3.05) is 7.11 Å². The molecule has 2 aliphatic carbocycles. The van der Waals surface area contributed by atoms with E-state index in [1.165, 1.54) is 18.3 Å². The lowest BCUT2D eigenvalue weighted by atomic mass is 10.2. The van der Waals surface area contributed by atoms with Crippen LogP contribution in [0.2, 0.25) is 0 Å². The molecule has 2 nitrogen and oxygen atoms in total. The molecule has 2 atom stereocenters. The second-order valence-corrected chi connectivity index (χ2v) is 4.58. The molecule has 1 aromatic rings. The molecular weight excluding hydrogens is 200 g/mol. The summed E-state index contributed by atoms with van der Waals surface area (Å²) in [6.45, 7) is 0. The van der Waals surface area contributed by atoms with Crippen molar-refractivity contribution in [1.29, 1.82) is 0 Å². The summed E-state index contributed by atoms with van der Waals surface area (Å²) in [7, 11) is 1.59. The number of hydrogen-bond acceptors (Lipinski definition) is 2. The first-order chi connectivity index (χ1) is 7.83. The SMILES string of the molecule is C1CC2CC2C1.COc1ccc(C=O)cc1. The molecule has 2 fully saturated rings. The highest BCUT2D eigenvalue weighted by molar-refractivity contribution is 5.74. The number of carbonyl (C=O) groups excluding carboxylic acids is 1. The first-order valence-electron chi connectivity index (χ1n) is 5.92. The molecular formula is C14H18O2. The number of hydrogen-bond donors (Lipinski definition) is 0. The number of methoxy groups -OCH3 is 1. The van der Waals surface area contributed by atoms with Gasteiger partial charge in [-0.2, -0.15) is 0 Å². The Kier molecular flexibility index (Phi) is 3.60. The van der Waals surface area contributed by atoms with Gasteiger partial charge in [0.25, 0.3) is 0 Å². The molecule has 2 unspecified atom stereocenters. The van der Waals surface area contributed by atoms with Crippen LogP contribution in [0.25, 0.3) is 0 Å². The van der Waals surface area contributed by atoms with Crippen LogP contribution in [-0.2, 0) is 0 Å². The zero-order valence-electron chi connectivity index (χ0n) is 9.69. The van der Waals surface area contributed by atoms with Crippen LogP contribution >= 0.6 is 0 Å². The fraction of sp³-hybridized carbons (Fsp3) is 0.500. The predicted octanol–water partition coefficient (Wildman–Crippen LogP) is 3.31. The minimum absolute atomic E-state index is 0.667. The molecule has 0 amide bonds. The van der Waals surface area contributed by atoms with E-state index in [0.29, 0.717) is 5.56 Å². The highest BCUT2D eigenvalue weighted by Crippen LogP contribution is 2.51. The van der Waals surface area contributed by atoms with Crippen molar-refractivity contribution < 1.29 is 9.53 Å².